The Morgan fingerprint density at radius 1 is 1.29 bits per heavy atom. The van der Waals surface area contributed by atoms with Gasteiger partial charge in [-0.15, -0.1) is 0 Å². The molecule has 0 amide bonds. The standard InChI is InChI=1S/C15H14O9/c16-4-6-1-8(17)11(19)12(23-6)15(21)9(18)3-14-5-22-13(20)7(14)2-10(15)24-14/h1,7,10,16,19,21H,2-5H2/t7-,10-,14+,15+/m1/s1. The van der Waals surface area contributed by atoms with E-state index in [-0.39, 0.29) is 25.2 Å². The van der Waals surface area contributed by atoms with Gasteiger partial charge in [0.25, 0.3) is 0 Å². The van der Waals surface area contributed by atoms with Crippen LogP contribution >= 0.6 is 0 Å². The molecule has 3 N–H and O–H groups in total. The van der Waals surface area contributed by atoms with Gasteiger partial charge in [-0.2, -0.15) is 0 Å². The first-order valence-electron chi connectivity index (χ1n) is 7.39. The maximum atomic E-state index is 12.7. The van der Waals surface area contributed by atoms with Crippen molar-refractivity contribution >= 4 is 11.8 Å². The average molecular weight is 338 g/mol. The van der Waals surface area contributed by atoms with Gasteiger partial charge in [0.1, 0.15) is 30.7 Å². The molecule has 3 saturated heterocycles. The van der Waals surface area contributed by atoms with E-state index in [0.29, 0.717) is 0 Å². The monoisotopic (exact) mass is 338 g/mol. The molecule has 1 aromatic heterocycles. The summed E-state index contributed by atoms with van der Waals surface area (Å²) in [6, 6.07) is 0.860. The fourth-order valence-electron chi connectivity index (χ4n) is 3.78. The van der Waals surface area contributed by atoms with Crippen LogP contribution in [0.3, 0.4) is 0 Å². The molecule has 9 nitrogen and oxygen atoms in total. The molecule has 0 radical (unpaired) electrons. The fraction of sp³-hybridized carbons (Fsp3) is 0.533. The van der Waals surface area contributed by atoms with Gasteiger partial charge in [-0.1, -0.05) is 0 Å². The second-order valence-corrected chi connectivity index (χ2v) is 6.35. The van der Waals surface area contributed by atoms with Gasteiger partial charge in [0.2, 0.25) is 16.8 Å². The van der Waals surface area contributed by atoms with Crippen molar-refractivity contribution in [3.05, 3.63) is 27.8 Å². The second-order valence-electron chi connectivity index (χ2n) is 6.35. The molecule has 3 aliphatic heterocycles. The number of aromatic hydroxyl groups is 1. The molecule has 0 unspecified atom stereocenters. The quantitative estimate of drug-likeness (QED) is 0.560. The molecule has 0 saturated carbocycles. The van der Waals surface area contributed by atoms with Crippen molar-refractivity contribution < 1.29 is 38.8 Å². The molecule has 4 heterocycles. The second kappa shape index (κ2) is 4.65. The summed E-state index contributed by atoms with van der Waals surface area (Å²) in [6.45, 7) is -0.737. The zero-order valence-electron chi connectivity index (χ0n) is 12.4. The lowest BCUT2D eigenvalue weighted by Crippen LogP contribution is -2.55. The van der Waals surface area contributed by atoms with E-state index in [2.05, 4.69) is 0 Å². The van der Waals surface area contributed by atoms with Crippen molar-refractivity contribution in [3.8, 4) is 5.75 Å². The van der Waals surface area contributed by atoms with E-state index in [1.807, 2.05) is 0 Å². The summed E-state index contributed by atoms with van der Waals surface area (Å²) in [5, 5.41) is 30.1. The number of cyclic esters (lactones) is 1. The van der Waals surface area contributed by atoms with Gasteiger partial charge in [-0.25, -0.2) is 0 Å². The van der Waals surface area contributed by atoms with E-state index in [1.54, 1.807) is 0 Å². The fourth-order valence-corrected chi connectivity index (χ4v) is 3.78. The first kappa shape index (κ1) is 15.3. The zero-order chi connectivity index (χ0) is 17.3. The van der Waals surface area contributed by atoms with E-state index in [0.717, 1.165) is 6.07 Å². The summed E-state index contributed by atoms with van der Waals surface area (Å²) in [5.41, 5.74) is -4.43. The van der Waals surface area contributed by atoms with Gasteiger partial charge in [0.15, 0.2) is 11.5 Å². The maximum absolute atomic E-state index is 12.7. The number of aliphatic hydroxyl groups is 2. The highest BCUT2D eigenvalue weighted by molar-refractivity contribution is 5.93. The van der Waals surface area contributed by atoms with Crippen LogP contribution in [-0.2, 0) is 31.3 Å². The van der Waals surface area contributed by atoms with Crippen molar-refractivity contribution in [3.63, 3.8) is 0 Å². The van der Waals surface area contributed by atoms with Gasteiger partial charge >= 0.3 is 5.97 Å². The number of hydrogen-bond donors (Lipinski definition) is 3. The van der Waals surface area contributed by atoms with Gasteiger partial charge in [-0.05, 0) is 6.42 Å². The normalized spacial score (nSPS) is 37.4. The summed E-state index contributed by atoms with van der Waals surface area (Å²) in [7, 11) is 0. The molecule has 3 fully saturated rings. The highest BCUT2D eigenvalue weighted by atomic mass is 16.6. The van der Waals surface area contributed by atoms with E-state index < -0.39 is 58.5 Å². The molecule has 9 heteroatoms. The lowest BCUT2D eigenvalue weighted by atomic mass is 9.82. The molecule has 1 spiro atoms. The Hall–Kier alpha value is -2.23. The molecular formula is C15H14O9. The predicted octanol–water partition coefficient (Wildman–Crippen LogP) is -1.30. The van der Waals surface area contributed by atoms with Crippen LogP contribution < -0.4 is 5.43 Å². The third-order valence-electron chi connectivity index (χ3n) is 5.03. The number of carbonyl (C=O) groups is 2. The lowest BCUT2D eigenvalue weighted by molar-refractivity contribution is -0.200. The van der Waals surface area contributed by atoms with Crippen LogP contribution in [0.25, 0.3) is 0 Å². The molecule has 3 aliphatic rings. The summed E-state index contributed by atoms with van der Waals surface area (Å²) in [6.07, 6.45) is -1.49. The van der Waals surface area contributed by atoms with E-state index in [9.17, 15) is 24.6 Å². The molecule has 128 valence electrons. The smallest absolute Gasteiger partial charge is 0.312 e. The molecule has 2 bridgehead atoms. The van der Waals surface area contributed by atoms with Gasteiger partial charge in [-0.3, -0.25) is 14.4 Å². The van der Waals surface area contributed by atoms with Crippen LogP contribution in [0.1, 0.15) is 24.4 Å². The van der Waals surface area contributed by atoms with Crippen LogP contribution in [0.5, 0.6) is 5.75 Å². The van der Waals surface area contributed by atoms with Crippen LogP contribution in [0, 0.1) is 5.92 Å². The highest BCUT2D eigenvalue weighted by Crippen LogP contribution is 2.54. The molecule has 0 aliphatic carbocycles. The first-order chi connectivity index (χ1) is 11.3. The Kier molecular flexibility index (Phi) is 2.97. The van der Waals surface area contributed by atoms with Gasteiger partial charge in [0.05, 0.1) is 5.92 Å². The van der Waals surface area contributed by atoms with Crippen molar-refractivity contribution in [2.45, 2.75) is 36.8 Å². The Morgan fingerprint density at radius 2 is 2.04 bits per heavy atom. The Balaban J connectivity index is 1.85. The van der Waals surface area contributed by atoms with E-state index in [1.165, 1.54) is 0 Å². The van der Waals surface area contributed by atoms with Crippen LogP contribution in [0.2, 0.25) is 0 Å². The molecule has 1 aromatic rings. The molecule has 0 aromatic carbocycles. The Morgan fingerprint density at radius 3 is 2.75 bits per heavy atom. The zero-order valence-corrected chi connectivity index (χ0v) is 12.4. The summed E-state index contributed by atoms with van der Waals surface area (Å²) in [4.78, 5) is 36.3. The van der Waals surface area contributed by atoms with Gasteiger partial charge < -0.3 is 29.2 Å². The number of aliphatic hydroxyl groups excluding tert-OH is 1. The van der Waals surface area contributed by atoms with Crippen molar-refractivity contribution in [2.24, 2.45) is 5.92 Å². The number of ether oxygens (including phenoxy) is 2. The number of rotatable bonds is 2. The van der Waals surface area contributed by atoms with Gasteiger partial charge in [0, 0.05) is 12.5 Å². The van der Waals surface area contributed by atoms with Crippen LogP contribution in [0.4, 0.5) is 0 Å². The minimum absolute atomic E-state index is 0.00637. The van der Waals surface area contributed by atoms with Crippen LogP contribution in [-0.4, -0.2) is 45.4 Å². The minimum atomic E-state index is -2.41. The lowest BCUT2D eigenvalue weighted by Gasteiger charge is -2.39. The first-order valence-corrected chi connectivity index (χ1v) is 7.39. The SMILES string of the molecule is O=C1OC[C@@]23CC(=O)[C@@](O)(c4oc(CO)cc(=O)c4O)[C@@H](C[C@H]12)O3. The average Bonchev–Trinajstić information content (AvgIpc) is 3.03. The van der Waals surface area contributed by atoms with E-state index >= 15 is 0 Å². The number of fused-ring (bicyclic) bond motifs is 1. The predicted molar refractivity (Wildman–Crippen MR) is 72.8 cm³/mol. The number of carbonyl (C=O) groups excluding carboxylic acids is 2. The molecule has 24 heavy (non-hydrogen) atoms. The topological polar surface area (TPSA) is 144 Å². The van der Waals surface area contributed by atoms with Crippen LogP contribution in [0.15, 0.2) is 15.3 Å². The third kappa shape index (κ3) is 1.71. The summed E-state index contributed by atoms with van der Waals surface area (Å²) in [5.74, 6) is -3.76. The molecular weight excluding hydrogens is 324 g/mol. The summed E-state index contributed by atoms with van der Waals surface area (Å²) < 4.78 is 15.9. The minimum Gasteiger partial charge on any atom is -0.502 e. The number of hydrogen-bond acceptors (Lipinski definition) is 9. The summed E-state index contributed by atoms with van der Waals surface area (Å²) >= 11 is 0. The van der Waals surface area contributed by atoms with Crippen molar-refractivity contribution in [2.75, 3.05) is 6.61 Å². The van der Waals surface area contributed by atoms with E-state index in [4.69, 9.17) is 19.0 Å². The Bertz CT molecular complexity index is 812. The van der Waals surface area contributed by atoms with Crippen molar-refractivity contribution in [1.82, 2.24) is 0 Å². The molecule has 4 rings (SSSR count). The Labute approximate surface area is 134 Å². The molecule has 4 atom stereocenters. The largest absolute Gasteiger partial charge is 0.502 e. The maximum Gasteiger partial charge on any atom is 0.312 e. The number of Topliss-reactive ketones (excluding diaryl/α,β-unsaturated/α-hetero) is 1. The van der Waals surface area contributed by atoms with Crippen molar-refractivity contribution in [1.29, 1.82) is 0 Å². The highest BCUT2D eigenvalue weighted by Gasteiger charge is 2.70. The third-order valence-corrected chi connectivity index (χ3v) is 5.03. The number of ketones is 1. The number of esters is 1.